The first kappa shape index (κ1) is 20.4. The lowest BCUT2D eigenvalue weighted by Crippen LogP contribution is -2.45. The zero-order chi connectivity index (χ0) is 20.9. The van der Waals surface area contributed by atoms with Crippen molar-refractivity contribution in [2.45, 2.75) is 39.2 Å². The lowest BCUT2D eigenvalue weighted by Gasteiger charge is -2.31. The van der Waals surface area contributed by atoms with Crippen LogP contribution < -0.4 is 10.2 Å². The molecule has 6 heteroatoms. The number of carbonyl (C=O) groups is 2. The van der Waals surface area contributed by atoms with E-state index in [1.165, 1.54) is 12.8 Å². The SMILES string of the molecule is Cc1ccc(C(=O)C2CCN(C(=O)NCc3ccnc(N4CCCC4)c3)CC2)cc1. The molecule has 2 aliphatic rings. The van der Waals surface area contributed by atoms with Crippen LogP contribution in [0.1, 0.15) is 47.2 Å². The molecule has 1 aromatic carbocycles. The second-order valence-electron chi connectivity index (χ2n) is 8.37. The van der Waals surface area contributed by atoms with E-state index in [4.69, 9.17) is 0 Å². The number of hydrogen-bond donors (Lipinski definition) is 1. The fourth-order valence-corrected chi connectivity index (χ4v) is 4.28. The molecule has 0 aliphatic carbocycles. The molecule has 1 N–H and O–H groups in total. The number of pyridine rings is 1. The number of carbonyl (C=O) groups excluding carboxylic acids is 2. The molecule has 3 heterocycles. The predicted octanol–water partition coefficient (Wildman–Crippen LogP) is 3.79. The summed E-state index contributed by atoms with van der Waals surface area (Å²) in [6, 6.07) is 11.7. The summed E-state index contributed by atoms with van der Waals surface area (Å²) < 4.78 is 0. The number of amides is 2. The maximum Gasteiger partial charge on any atom is 0.317 e. The van der Waals surface area contributed by atoms with Gasteiger partial charge >= 0.3 is 6.03 Å². The van der Waals surface area contributed by atoms with Crippen molar-refractivity contribution in [3.8, 4) is 0 Å². The summed E-state index contributed by atoms with van der Waals surface area (Å²) in [5.74, 6) is 1.19. The van der Waals surface area contributed by atoms with Crippen molar-refractivity contribution in [1.82, 2.24) is 15.2 Å². The second-order valence-corrected chi connectivity index (χ2v) is 8.37. The van der Waals surface area contributed by atoms with Crippen LogP contribution in [0.15, 0.2) is 42.6 Å². The molecule has 0 radical (unpaired) electrons. The van der Waals surface area contributed by atoms with Crippen molar-refractivity contribution in [3.05, 3.63) is 59.3 Å². The number of urea groups is 1. The van der Waals surface area contributed by atoms with Crippen LogP contribution in [0.2, 0.25) is 0 Å². The average Bonchev–Trinajstić information content (AvgIpc) is 3.33. The lowest BCUT2D eigenvalue weighted by molar-refractivity contribution is 0.0854. The van der Waals surface area contributed by atoms with Crippen LogP contribution in [0.4, 0.5) is 10.6 Å². The lowest BCUT2D eigenvalue weighted by atomic mass is 9.89. The van der Waals surface area contributed by atoms with Gasteiger partial charge in [-0.2, -0.15) is 0 Å². The van der Waals surface area contributed by atoms with Gasteiger partial charge in [-0.1, -0.05) is 29.8 Å². The Labute approximate surface area is 178 Å². The number of nitrogens with one attached hydrogen (secondary N) is 1. The number of nitrogens with zero attached hydrogens (tertiary/aromatic N) is 3. The molecule has 6 nitrogen and oxygen atoms in total. The monoisotopic (exact) mass is 406 g/mol. The third-order valence-electron chi connectivity index (χ3n) is 6.17. The molecule has 30 heavy (non-hydrogen) atoms. The zero-order valence-corrected chi connectivity index (χ0v) is 17.6. The molecular formula is C24H30N4O2. The van der Waals surface area contributed by atoms with Gasteiger partial charge in [0.1, 0.15) is 5.82 Å². The van der Waals surface area contributed by atoms with Gasteiger partial charge in [0.2, 0.25) is 0 Å². The molecule has 0 saturated carbocycles. The number of likely N-dealkylation sites (tertiary alicyclic amines) is 1. The number of aryl methyl sites for hydroxylation is 1. The van der Waals surface area contributed by atoms with Gasteiger partial charge in [0, 0.05) is 50.4 Å². The zero-order valence-electron chi connectivity index (χ0n) is 17.6. The first-order valence-corrected chi connectivity index (χ1v) is 10.9. The normalized spacial score (nSPS) is 17.2. The average molecular weight is 407 g/mol. The van der Waals surface area contributed by atoms with E-state index in [1.807, 2.05) is 48.4 Å². The van der Waals surface area contributed by atoms with Crippen molar-refractivity contribution in [2.24, 2.45) is 5.92 Å². The first-order valence-electron chi connectivity index (χ1n) is 10.9. The van der Waals surface area contributed by atoms with Crippen molar-refractivity contribution in [3.63, 3.8) is 0 Å². The summed E-state index contributed by atoms with van der Waals surface area (Å²) in [7, 11) is 0. The van der Waals surface area contributed by atoms with E-state index in [2.05, 4.69) is 21.3 Å². The number of Topliss-reactive ketones (excluding diaryl/α,β-unsaturated/α-hetero) is 1. The molecule has 2 fully saturated rings. The highest BCUT2D eigenvalue weighted by atomic mass is 16.2. The summed E-state index contributed by atoms with van der Waals surface area (Å²) in [6.45, 7) is 5.85. The Balaban J connectivity index is 1.26. The maximum absolute atomic E-state index is 12.7. The minimum atomic E-state index is -0.0595. The van der Waals surface area contributed by atoms with Gasteiger partial charge in [0.05, 0.1) is 0 Å². The third kappa shape index (κ3) is 4.81. The standard InChI is InChI=1S/C24H30N4O2/c1-18-4-6-20(7-5-18)23(29)21-9-14-28(15-10-21)24(30)26-17-19-8-11-25-22(16-19)27-12-2-3-13-27/h4-8,11,16,21H,2-3,9-10,12-15,17H2,1H3,(H,26,30). The van der Waals surface area contributed by atoms with Crippen LogP contribution in [0.3, 0.4) is 0 Å². The topological polar surface area (TPSA) is 65.5 Å². The van der Waals surface area contributed by atoms with Gasteiger partial charge in [-0.15, -0.1) is 0 Å². The van der Waals surface area contributed by atoms with Crippen LogP contribution in [-0.4, -0.2) is 47.9 Å². The molecular weight excluding hydrogens is 376 g/mol. The van der Waals surface area contributed by atoms with Gasteiger partial charge in [-0.3, -0.25) is 4.79 Å². The molecule has 2 saturated heterocycles. The van der Waals surface area contributed by atoms with Crippen molar-refractivity contribution < 1.29 is 9.59 Å². The Morgan fingerprint density at radius 2 is 1.73 bits per heavy atom. The van der Waals surface area contributed by atoms with Crippen LogP contribution in [-0.2, 0) is 6.54 Å². The molecule has 0 spiro atoms. The number of piperidine rings is 1. The highest BCUT2D eigenvalue weighted by Crippen LogP contribution is 2.22. The fourth-order valence-electron chi connectivity index (χ4n) is 4.28. The fraction of sp³-hybridized carbons (Fsp3) is 0.458. The van der Waals surface area contributed by atoms with E-state index in [0.29, 0.717) is 32.5 Å². The summed E-state index contributed by atoms with van der Waals surface area (Å²) in [6.07, 6.45) is 5.68. The molecule has 158 valence electrons. The summed E-state index contributed by atoms with van der Waals surface area (Å²) in [5, 5.41) is 3.02. The number of anilines is 1. The Morgan fingerprint density at radius 3 is 2.43 bits per heavy atom. The summed E-state index contributed by atoms with van der Waals surface area (Å²) >= 11 is 0. The Bertz CT molecular complexity index is 882. The van der Waals surface area contributed by atoms with E-state index in [9.17, 15) is 9.59 Å². The van der Waals surface area contributed by atoms with E-state index in [-0.39, 0.29) is 17.7 Å². The highest BCUT2D eigenvalue weighted by Gasteiger charge is 2.27. The van der Waals surface area contributed by atoms with E-state index < -0.39 is 0 Å². The second kappa shape index (κ2) is 9.28. The maximum atomic E-state index is 12.7. The Morgan fingerprint density at radius 1 is 1.03 bits per heavy atom. The molecule has 0 bridgehead atoms. The van der Waals surface area contributed by atoms with Crippen LogP contribution in [0, 0.1) is 12.8 Å². The van der Waals surface area contributed by atoms with Gasteiger partial charge < -0.3 is 15.1 Å². The van der Waals surface area contributed by atoms with Gasteiger partial charge in [-0.05, 0) is 50.3 Å². The molecule has 1 aromatic heterocycles. The summed E-state index contributed by atoms with van der Waals surface area (Å²) in [4.78, 5) is 33.9. The van der Waals surface area contributed by atoms with Gasteiger partial charge in [0.25, 0.3) is 0 Å². The van der Waals surface area contributed by atoms with Crippen LogP contribution in [0.25, 0.3) is 0 Å². The molecule has 4 rings (SSSR count). The molecule has 0 unspecified atom stereocenters. The van der Waals surface area contributed by atoms with Crippen LogP contribution >= 0.6 is 0 Å². The molecule has 2 aliphatic heterocycles. The van der Waals surface area contributed by atoms with E-state index in [0.717, 1.165) is 35.6 Å². The van der Waals surface area contributed by atoms with Gasteiger partial charge in [0.15, 0.2) is 5.78 Å². The number of rotatable bonds is 5. The molecule has 2 amide bonds. The number of benzene rings is 1. The number of ketones is 1. The summed E-state index contributed by atoms with van der Waals surface area (Å²) in [5.41, 5.74) is 2.99. The minimum absolute atomic E-state index is 0.0000248. The first-order chi connectivity index (χ1) is 14.6. The molecule has 2 aromatic rings. The van der Waals surface area contributed by atoms with Crippen molar-refractivity contribution in [1.29, 1.82) is 0 Å². The quantitative estimate of drug-likeness (QED) is 0.767. The minimum Gasteiger partial charge on any atom is -0.357 e. The van der Waals surface area contributed by atoms with Crippen molar-refractivity contribution in [2.75, 3.05) is 31.1 Å². The highest BCUT2D eigenvalue weighted by molar-refractivity contribution is 5.98. The number of hydrogen-bond acceptors (Lipinski definition) is 4. The number of aromatic nitrogens is 1. The van der Waals surface area contributed by atoms with Gasteiger partial charge in [-0.25, -0.2) is 9.78 Å². The molecule has 0 atom stereocenters. The predicted molar refractivity (Wildman–Crippen MR) is 118 cm³/mol. The Hall–Kier alpha value is -2.89. The van der Waals surface area contributed by atoms with Crippen LogP contribution in [0.5, 0.6) is 0 Å². The largest absolute Gasteiger partial charge is 0.357 e. The Kier molecular flexibility index (Phi) is 6.31. The third-order valence-corrected chi connectivity index (χ3v) is 6.17. The van der Waals surface area contributed by atoms with E-state index >= 15 is 0 Å². The van der Waals surface area contributed by atoms with E-state index in [1.54, 1.807) is 0 Å². The smallest absolute Gasteiger partial charge is 0.317 e. The van der Waals surface area contributed by atoms with Crippen molar-refractivity contribution >= 4 is 17.6 Å².